The molecule has 1 aliphatic rings. The maximum atomic E-state index is 12.1. The quantitative estimate of drug-likeness (QED) is 0.701. The van der Waals surface area contributed by atoms with Crippen molar-refractivity contribution in [3.63, 3.8) is 0 Å². The van der Waals surface area contributed by atoms with Gasteiger partial charge >= 0.3 is 0 Å². The summed E-state index contributed by atoms with van der Waals surface area (Å²) < 4.78 is 0. The number of carbonyl (C=O) groups is 1. The number of rotatable bonds is 7. The van der Waals surface area contributed by atoms with Gasteiger partial charge in [-0.2, -0.15) is 0 Å². The summed E-state index contributed by atoms with van der Waals surface area (Å²) in [5, 5.41) is 6.12. The van der Waals surface area contributed by atoms with Crippen LogP contribution in [0, 0.1) is 0 Å². The van der Waals surface area contributed by atoms with Crippen LogP contribution in [-0.2, 0) is 0 Å². The Balaban J connectivity index is 0.00000288. The van der Waals surface area contributed by atoms with E-state index in [2.05, 4.69) is 53.3 Å². The van der Waals surface area contributed by atoms with Gasteiger partial charge in [-0.1, -0.05) is 6.92 Å². The minimum Gasteiger partial charge on any atom is -0.369 e. The number of halogens is 2. The molecule has 5 nitrogen and oxygen atoms in total. The minimum atomic E-state index is -0.000852. The molecule has 0 aliphatic carbocycles. The monoisotopic (exact) mass is 390 g/mol. The Morgan fingerprint density at radius 1 is 1.04 bits per heavy atom. The van der Waals surface area contributed by atoms with Gasteiger partial charge in [0.05, 0.1) is 0 Å². The van der Waals surface area contributed by atoms with Gasteiger partial charge in [-0.3, -0.25) is 9.69 Å². The predicted octanol–water partition coefficient (Wildman–Crippen LogP) is 2.40. The summed E-state index contributed by atoms with van der Waals surface area (Å²) in [5.41, 5.74) is 1.93. The number of hydrogen-bond donors (Lipinski definition) is 2. The van der Waals surface area contributed by atoms with Gasteiger partial charge in [-0.25, -0.2) is 0 Å². The van der Waals surface area contributed by atoms with Crippen molar-refractivity contribution in [1.29, 1.82) is 0 Å². The number of likely N-dealkylation sites (N-methyl/N-ethyl adjacent to an activating group) is 1. The van der Waals surface area contributed by atoms with Crippen molar-refractivity contribution in [3.05, 3.63) is 29.8 Å². The van der Waals surface area contributed by atoms with Crippen LogP contribution in [0.4, 0.5) is 5.69 Å². The molecule has 1 amide bonds. The van der Waals surface area contributed by atoms with Gasteiger partial charge in [0.2, 0.25) is 0 Å². The van der Waals surface area contributed by atoms with Gasteiger partial charge < -0.3 is 15.5 Å². The van der Waals surface area contributed by atoms with Crippen molar-refractivity contribution in [2.24, 2.45) is 0 Å². The molecule has 1 fully saturated rings. The zero-order valence-electron chi connectivity index (χ0n) is 15.5. The average Bonchev–Trinajstić information content (AvgIpc) is 2.59. The normalized spacial score (nSPS) is 14.6. The molecule has 1 aliphatic heterocycles. The van der Waals surface area contributed by atoms with Gasteiger partial charge in [-0.15, -0.1) is 24.8 Å². The van der Waals surface area contributed by atoms with Gasteiger partial charge in [0.15, 0.2) is 0 Å². The number of piperazine rings is 1. The van der Waals surface area contributed by atoms with Crippen LogP contribution in [0.5, 0.6) is 0 Å². The molecule has 0 saturated carbocycles. The summed E-state index contributed by atoms with van der Waals surface area (Å²) in [5.74, 6) is -0.000852. The predicted molar refractivity (Wildman–Crippen MR) is 111 cm³/mol. The Labute approximate surface area is 164 Å². The molecule has 0 atom stereocenters. The standard InChI is InChI=1S/C18H30N4O.2ClH/c1-4-19-9-10-20-18(23)16-5-7-17(8-6-16)22-13-11-21(12-14-22)15(2)3;;/h5-8,15,19H,4,9-14H2,1-3H3,(H,20,23);2*1H. The number of amides is 1. The fourth-order valence-corrected chi connectivity index (χ4v) is 2.86. The lowest BCUT2D eigenvalue weighted by molar-refractivity contribution is 0.0954. The molecule has 0 radical (unpaired) electrons. The fourth-order valence-electron chi connectivity index (χ4n) is 2.86. The van der Waals surface area contributed by atoms with Crippen molar-refractivity contribution >= 4 is 36.4 Å². The van der Waals surface area contributed by atoms with Crippen LogP contribution in [0.15, 0.2) is 24.3 Å². The van der Waals surface area contributed by atoms with E-state index in [0.717, 1.165) is 44.8 Å². The largest absolute Gasteiger partial charge is 0.369 e. The van der Waals surface area contributed by atoms with Crippen molar-refractivity contribution in [3.8, 4) is 0 Å². The van der Waals surface area contributed by atoms with Crippen LogP contribution in [-0.4, -0.2) is 62.7 Å². The highest BCUT2D eigenvalue weighted by Crippen LogP contribution is 2.18. The van der Waals surface area contributed by atoms with E-state index in [1.165, 1.54) is 5.69 Å². The van der Waals surface area contributed by atoms with Crippen molar-refractivity contribution in [2.45, 2.75) is 26.8 Å². The maximum absolute atomic E-state index is 12.1. The first-order chi connectivity index (χ1) is 11.1. The third-order valence-electron chi connectivity index (χ3n) is 4.38. The van der Waals surface area contributed by atoms with Gasteiger partial charge in [0, 0.05) is 56.6 Å². The highest BCUT2D eigenvalue weighted by atomic mass is 35.5. The van der Waals surface area contributed by atoms with Crippen molar-refractivity contribution < 1.29 is 4.79 Å². The Bertz CT molecular complexity index is 488. The molecule has 1 heterocycles. The lowest BCUT2D eigenvalue weighted by Crippen LogP contribution is -2.48. The lowest BCUT2D eigenvalue weighted by atomic mass is 10.1. The Hall–Kier alpha value is -1.01. The molecule has 1 aromatic carbocycles. The fraction of sp³-hybridized carbons (Fsp3) is 0.611. The van der Waals surface area contributed by atoms with Gasteiger partial charge in [-0.05, 0) is 44.7 Å². The lowest BCUT2D eigenvalue weighted by Gasteiger charge is -2.38. The first-order valence-corrected chi connectivity index (χ1v) is 8.69. The molecule has 7 heteroatoms. The van der Waals surface area contributed by atoms with E-state index >= 15 is 0 Å². The van der Waals surface area contributed by atoms with E-state index in [1.807, 2.05) is 12.1 Å². The topological polar surface area (TPSA) is 47.6 Å². The van der Waals surface area contributed by atoms with Crippen LogP contribution >= 0.6 is 24.8 Å². The molecule has 1 saturated heterocycles. The molecular weight excluding hydrogens is 359 g/mol. The molecule has 0 unspecified atom stereocenters. The number of hydrogen-bond acceptors (Lipinski definition) is 4. The highest BCUT2D eigenvalue weighted by Gasteiger charge is 2.19. The number of carbonyl (C=O) groups excluding carboxylic acids is 1. The number of anilines is 1. The summed E-state index contributed by atoms with van der Waals surface area (Å²) in [6.07, 6.45) is 0. The van der Waals surface area contributed by atoms with E-state index in [0.29, 0.717) is 12.6 Å². The molecule has 0 spiro atoms. The van der Waals surface area contributed by atoms with Crippen LogP contribution in [0.3, 0.4) is 0 Å². The third kappa shape index (κ3) is 7.40. The Kier molecular flexibility index (Phi) is 11.9. The van der Waals surface area contributed by atoms with E-state index in [9.17, 15) is 4.79 Å². The molecule has 25 heavy (non-hydrogen) atoms. The van der Waals surface area contributed by atoms with Crippen LogP contribution in [0.1, 0.15) is 31.1 Å². The molecule has 0 bridgehead atoms. The smallest absolute Gasteiger partial charge is 0.251 e. The highest BCUT2D eigenvalue weighted by molar-refractivity contribution is 5.94. The number of benzene rings is 1. The first kappa shape index (κ1) is 24.0. The molecule has 1 aromatic rings. The summed E-state index contributed by atoms with van der Waals surface area (Å²) in [6, 6.07) is 8.58. The Morgan fingerprint density at radius 2 is 1.64 bits per heavy atom. The van der Waals surface area contributed by atoms with Crippen molar-refractivity contribution in [2.75, 3.05) is 50.7 Å². The van der Waals surface area contributed by atoms with Gasteiger partial charge in [0.1, 0.15) is 0 Å². The number of nitrogens with one attached hydrogen (secondary N) is 2. The third-order valence-corrected chi connectivity index (χ3v) is 4.38. The minimum absolute atomic E-state index is 0. The SMILES string of the molecule is CCNCCNC(=O)c1ccc(N2CCN(C(C)C)CC2)cc1.Cl.Cl. The number of nitrogens with zero attached hydrogens (tertiary/aromatic N) is 2. The van der Waals surface area contributed by atoms with E-state index in [4.69, 9.17) is 0 Å². The molecule has 144 valence electrons. The summed E-state index contributed by atoms with van der Waals surface area (Å²) in [4.78, 5) is 17.0. The zero-order chi connectivity index (χ0) is 16.7. The summed E-state index contributed by atoms with van der Waals surface area (Å²) in [7, 11) is 0. The summed E-state index contributed by atoms with van der Waals surface area (Å²) >= 11 is 0. The molecular formula is C18H32Cl2N4O. The van der Waals surface area contributed by atoms with Gasteiger partial charge in [0.25, 0.3) is 5.91 Å². The second kappa shape index (κ2) is 12.4. The zero-order valence-corrected chi connectivity index (χ0v) is 17.1. The average molecular weight is 391 g/mol. The van der Waals surface area contributed by atoms with Crippen molar-refractivity contribution in [1.82, 2.24) is 15.5 Å². The molecule has 2 N–H and O–H groups in total. The van der Waals surface area contributed by atoms with Crippen LogP contribution in [0.25, 0.3) is 0 Å². The maximum Gasteiger partial charge on any atom is 0.251 e. The van der Waals surface area contributed by atoms with Crippen LogP contribution in [0.2, 0.25) is 0 Å². The van der Waals surface area contributed by atoms with Crippen LogP contribution < -0.4 is 15.5 Å². The first-order valence-electron chi connectivity index (χ1n) is 8.69. The second-order valence-corrected chi connectivity index (χ2v) is 6.27. The van der Waals surface area contributed by atoms with E-state index in [1.54, 1.807) is 0 Å². The second-order valence-electron chi connectivity index (χ2n) is 6.27. The van der Waals surface area contributed by atoms with E-state index < -0.39 is 0 Å². The molecule has 0 aromatic heterocycles. The molecule has 2 rings (SSSR count). The Morgan fingerprint density at radius 3 is 2.16 bits per heavy atom. The van der Waals surface area contributed by atoms with E-state index in [-0.39, 0.29) is 30.7 Å². The summed E-state index contributed by atoms with van der Waals surface area (Å²) in [6.45, 7) is 13.2.